The molecule has 1 unspecified atom stereocenters. The molecule has 1 N–H and O–H groups in total. The second kappa shape index (κ2) is 7.57. The van der Waals surface area contributed by atoms with Gasteiger partial charge in [-0.2, -0.15) is 0 Å². The normalized spacial score (nSPS) is 12.4. The van der Waals surface area contributed by atoms with Crippen molar-refractivity contribution in [3.8, 4) is 0 Å². The van der Waals surface area contributed by atoms with Crippen LogP contribution in [0.1, 0.15) is 11.1 Å². The molecule has 0 aliphatic heterocycles. The molecule has 1 nitrogen and oxygen atoms in total. The summed E-state index contributed by atoms with van der Waals surface area (Å²) < 4.78 is 26.2. The van der Waals surface area contributed by atoms with Gasteiger partial charge in [0, 0.05) is 16.7 Å². The zero-order valence-corrected chi connectivity index (χ0v) is 13.0. The molecule has 0 fully saturated rings. The van der Waals surface area contributed by atoms with E-state index in [0.29, 0.717) is 0 Å². The summed E-state index contributed by atoms with van der Waals surface area (Å²) in [6, 6.07) is 11.6. The minimum atomic E-state index is -0.222. The van der Waals surface area contributed by atoms with Crippen molar-refractivity contribution in [2.45, 2.75) is 24.3 Å². The lowest BCUT2D eigenvalue weighted by Gasteiger charge is -2.17. The fourth-order valence-corrected chi connectivity index (χ4v) is 3.10. The van der Waals surface area contributed by atoms with Gasteiger partial charge in [-0.1, -0.05) is 6.07 Å². The number of likely N-dealkylation sites (N-methyl/N-ethyl adjacent to an activating group) is 1. The van der Waals surface area contributed by atoms with E-state index in [1.54, 1.807) is 30.0 Å². The van der Waals surface area contributed by atoms with Crippen molar-refractivity contribution in [3.05, 3.63) is 65.2 Å². The Morgan fingerprint density at radius 2 is 1.71 bits per heavy atom. The number of thioether (sulfide) groups is 1. The minimum absolute atomic E-state index is 0.198. The predicted molar refractivity (Wildman–Crippen MR) is 84.8 cm³/mol. The molecular formula is C17H19F2NS. The average Bonchev–Trinajstić information content (AvgIpc) is 2.48. The van der Waals surface area contributed by atoms with Crippen LogP contribution in [-0.4, -0.2) is 18.8 Å². The molecule has 0 aliphatic rings. The summed E-state index contributed by atoms with van der Waals surface area (Å²) in [6.45, 7) is 1.99. The number of halogens is 2. The third-order valence-corrected chi connectivity index (χ3v) is 4.63. The molecule has 2 aromatic rings. The molecule has 1 atom stereocenters. The summed E-state index contributed by atoms with van der Waals surface area (Å²) in [5.74, 6) is 0.425. The van der Waals surface area contributed by atoms with E-state index in [2.05, 4.69) is 5.32 Å². The summed E-state index contributed by atoms with van der Waals surface area (Å²) >= 11 is 1.67. The third kappa shape index (κ3) is 4.83. The molecule has 0 spiro atoms. The van der Waals surface area contributed by atoms with E-state index in [1.165, 1.54) is 18.2 Å². The molecular weight excluding hydrogens is 288 g/mol. The number of rotatable bonds is 6. The Morgan fingerprint density at radius 1 is 1.05 bits per heavy atom. The molecule has 0 aromatic heterocycles. The van der Waals surface area contributed by atoms with E-state index in [1.807, 2.05) is 20.0 Å². The van der Waals surface area contributed by atoms with E-state index in [-0.39, 0.29) is 17.7 Å². The predicted octanol–water partition coefficient (Wildman–Crippen LogP) is 4.20. The molecule has 0 saturated carbocycles. The molecule has 0 amide bonds. The second-order valence-electron chi connectivity index (χ2n) is 5.03. The van der Waals surface area contributed by atoms with Gasteiger partial charge >= 0.3 is 0 Å². The Labute approximate surface area is 128 Å². The molecule has 0 bridgehead atoms. The highest BCUT2D eigenvalue weighted by molar-refractivity contribution is 7.99. The Bertz CT molecular complexity index is 584. The van der Waals surface area contributed by atoms with Gasteiger partial charge in [-0.3, -0.25) is 0 Å². The second-order valence-corrected chi connectivity index (χ2v) is 6.12. The number of hydrogen-bond acceptors (Lipinski definition) is 2. The van der Waals surface area contributed by atoms with Crippen molar-refractivity contribution in [3.63, 3.8) is 0 Å². The van der Waals surface area contributed by atoms with Gasteiger partial charge < -0.3 is 5.32 Å². The molecule has 21 heavy (non-hydrogen) atoms. The number of nitrogens with one attached hydrogen (secondary N) is 1. The average molecular weight is 307 g/mol. The van der Waals surface area contributed by atoms with Gasteiger partial charge in [0.2, 0.25) is 0 Å². The topological polar surface area (TPSA) is 12.0 Å². The molecule has 0 saturated heterocycles. The van der Waals surface area contributed by atoms with Crippen LogP contribution in [0.3, 0.4) is 0 Å². The van der Waals surface area contributed by atoms with Gasteiger partial charge in [-0.25, -0.2) is 8.78 Å². The van der Waals surface area contributed by atoms with Gasteiger partial charge in [0.05, 0.1) is 0 Å². The first-order valence-electron chi connectivity index (χ1n) is 6.89. The summed E-state index contributed by atoms with van der Waals surface area (Å²) in [4.78, 5) is 1.03. The van der Waals surface area contributed by atoms with Crippen molar-refractivity contribution in [2.24, 2.45) is 0 Å². The summed E-state index contributed by atoms with van der Waals surface area (Å²) in [5, 5.41) is 3.26. The first-order chi connectivity index (χ1) is 10.1. The van der Waals surface area contributed by atoms with Crippen LogP contribution < -0.4 is 5.32 Å². The molecule has 112 valence electrons. The van der Waals surface area contributed by atoms with Crippen molar-refractivity contribution >= 4 is 11.8 Å². The maximum absolute atomic E-state index is 13.3. The molecule has 4 heteroatoms. The smallest absolute Gasteiger partial charge is 0.123 e. The number of hydrogen-bond donors (Lipinski definition) is 1. The van der Waals surface area contributed by atoms with E-state index in [9.17, 15) is 8.78 Å². The minimum Gasteiger partial charge on any atom is -0.316 e. The Balaban J connectivity index is 1.96. The first kappa shape index (κ1) is 16.0. The monoisotopic (exact) mass is 307 g/mol. The maximum Gasteiger partial charge on any atom is 0.123 e. The zero-order chi connectivity index (χ0) is 15.2. The fourth-order valence-electron chi connectivity index (χ4n) is 2.10. The molecule has 0 radical (unpaired) electrons. The molecule has 2 rings (SSSR count). The van der Waals surface area contributed by atoms with Gasteiger partial charge in [-0.05, 0) is 67.9 Å². The standard InChI is InChI=1S/C17H19F2NS/c1-12-3-4-15(19)9-13(12)10-16(20-2)11-21-17-7-5-14(18)6-8-17/h3-9,16,20H,10-11H2,1-2H3. The Kier molecular flexibility index (Phi) is 5.76. The molecule has 0 aliphatic carbocycles. The van der Waals surface area contributed by atoms with Crippen molar-refractivity contribution < 1.29 is 8.78 Å². The van der Waals surface area contributed by atoms with Gasteiger partial charge in [-0.15, -0.1) is 11.8 Å². The number of benzene rings is 2. The maximum atomic E-state index is 13.3. The van der Waals surface area contributed by atoms with E-state index in [4.69, 9.17) is 0 Å². The van der Waals surface area contributed by atoms with Crippen LogP contribution in [0.5, 0.6) is 0 Å². The van der Waals surface area contributed by atoms with E-state index < -0.39 is 0 Å². The lowest BCUT2D eigenvalue weighted by molar-refractivity contribution is 0.600. The van der Waals surface area contributed by atoms with Crippen LogP contribution in [0.4, 0.5) is 8.78 Å². The Hall–Kier alpha value is -1.39. The largest absolute Gasteiger partial charge is 0.316 e. The van der Waals surface area contributed by atoms with E-state index >= 15 is 0 Å². The van der Waals surface area contributed by atoms with Crippen molar-refractivity contribution in [1.82, 2.24) is 5.32 Å². The lowest BCUT2D eigenvalue weighted by atomic mass is 10.0. The Morgan fingerprint density at radius 3 is 2.38 bits per heavy atom. The first-order valence-corrected chi connectivity index (χ1v) is 7.87. The lowest BCUT2D eigenvalue weighted by Crippen LogP contribution is -2.30. The van der Waals surface area contributed by atoms with E-state index in [0.717, 1.165) is 28.2 Å². The van der Waals surface area contributed by atoms with Crippen molar-refractivity contribution in [2.75, 3.05) is 12.8 Å². The fraction of sp³-hybridized carbons (Fsp3) is 0.294. The van der Waals surface area contributed by atoms with Crippen LogP contribution in [0.25, 0.3) is 0 Å². The highest BCUT2D eigenvalue weighted by Gasteiger charge is 2.10. The summed E-state index contributed by atoms with van der Waals surface area (Å²) in [5.41, 5.74) is 2.12. The summed E-state index contributed by atoms with van der Waals surface area (Å²) in [7, 11) is 1.91. The highest BCUT2D eigenvalue weighted by atomic mass is 32.2. The van der Waals surface area contributed by atoms with Crippen LogP contribution in [0.15, 0.2) is 47.4 Å². The quantitative estimate of drug-likeness (QED) is 0.803. The number of aryl methyl sites for hydroxylation is 1. The van der Waals surface area contributed by atoms with Gasteiger partial charge in [0.1, 0.15) is 11.6 Å². The van der Waals surface area contributed by atoms with Gasteiger partial charge in [0.15, 0.2) is 0 Å². The molecule has 2 aromatic carbocycles. The zero-order valence-electron chi connectivity index (χ0n) is 12.2. The van der Waals surface area contributed by atoms with Crippen molar-refractivity contribution in [1.29, 1.82) is 0 Å². The summed E-state index contributed by atoms with van der Waals surface area (Å²) in [6.07, 6.45) is 0.772. The van der Waals surface area contributed by atoms with Gasteiger partial charge in [0.25, 0.3) is 0 Å². The van der Waals surface area contributed by atoms with Crippen LogP contribution in [0.2, 0.25) is 0 Å². The SMILES string of the molecule is CNC(CSc1ccc(F)cc1)Cc1cc(F)ccc1C. The molecule has 0 heterocycles. The van der Waals surface area contributed by atoms with Crippen LogP contribution in [-0.2, 0) is 6.42 Å². The van der Waals surface area contributed by atoms with Crippen LogP contribution in [0, 0.1) is 18.6 Å². The van der Waals surface area contributed by atoms with Crippen LogP contribution >= 0.6 is 11.8 Å². The highest BCUT2D eigenvalue weighted by Crippen LogP contribution is 2.21. The third-order valence-electron chi connectivity index (χ3n) is 3.45.